The second-order valence-electron chi connectivity index (χ2n) is 7.12. The molecule has 2 aromatic rings. The molecule has 6 heteroatoms. The van der Waals surface area contributed by atoms with Crippen LogP contribution in [0.5, 0.6) is 0 Å². The molecule has 148 valence electrons. The van der Waals surface area contributed by atoms with Crippen LogP contribution in [0, 0.1) is 0 Å². The van der Waals surface area contributed by atoms with Gasteiger partial charge in [-0.15, -0.1) is 0 Å². The number of rotatable bonds is 7. The Kier molecular flexibility index (Phi) is 7.31. The van der Waals surface area contributed by atoms with Crippen LogP contribution >= 0.6 is 11.6 Å². The molecule has 28 heavy (non-hydrogen) atoms. The number of carbonyl (C=O) groups is 2. The van der Waals surface area contributed by atoms with Gasteiger partial charge in [-0.25, -0.2) is 0 Å². The lowest BCUT2D eigenvalue weighted by molar-refractivity contribution is -0.116. The van der Waals surface area contributed by atoms with E-state index in [0.29, 0.717) is 16.6 Å². The highest BCUT2D eigenvalue weighted by Gasteiger charge is 2.13. The molecule has 5 nitrogen and oxygen atoms in total. The minimum absolute atomic E-state index is 0.135. The SMILES string of the molecule is O=C(CCNC(=O)c1ccc(Cl)cc1)Nc1ccc(NC2CCCCC2)cc1. The van der Waals surface area contributed by atoms with Crippen molar-refractivity contribution < 1.29 is 9.59 Å². The van der Waals surface area contributed by atoms with Gasteiger partial charge < -0.3 is 16.0 Å². The highest BCUT2D eigenvalue weighted by Crippen LogP contribution is 2.22. The Bertz CT molecular complexity index is 784. The molecule has 1 fully saturated rings. The van der Waals surface area contributed by atoms with Crippen molar-refractivity contribution in [1.29, 1.82) is 0 Å². The summed E-state index contributed by atoms with van der Waals surface area (Å²) < 4.78 is 0. The van der Waals surface area contributed by atoms with Crippen molar-refractivity contribution in [2.24, 2.45) is 0 Å². The number of nitrogens with one attached hydrogen (secondary N) is 3. The van der Waals surface area contributed by atoms with Gasteiger partial charge in [0.15, 0.2) is 0 Å². The lowest BCUT2D eigenvalue weighted by atomic mass is 9.95. The van der Waals surface area contributed by atoms with Crippen molar-refractivity contribution in [3.8, 4) is 0 Å². The van der Waals surface area contributed by atoms with E-state index in [0.717, 1.165) is 11.4 Å². The maximum atomic E-state index is 12.1. The zero-order valence-corrected chi connectivity index (χ0v) is 16.6. The molecule has 0 radical (unpaired) electrons. The Morgan fingerprint density at radius 2 is 1.54 bits per heavy atom. The van der Waals surface area contributed by atoms with Crippen molar-refractivity contribution in [2.75, 3.05) is 17.2 Å². The number of amides is 2. The van der Waals surface area contributed by atoms with Crippen molar-refractivity contribution >= 4 is 34.8 Å². The fourth-order valence-electron chi connectivity index (χ4n) is 3.35. The molecule has 0 atom stereocenters. The van der Waals surface area contributed by atoms with Crippen molar-refractivity contribution in [3.63, 3.8) is 0 Å². The van der Waals surface area contributed by atoms with Gasteiger partial charge in [0.05, 0.1) is 0 Å². The van der Waals surface area contributed by atoms with E-state index in [2.05, 4.69) is 16.0 Å². The van der Waals surface area contributed by atoms with Gasteiger partial charge in [0.2, 0.25) is 5.91 Å². The zero-order chi connectivity index (χ0) is 19.8. The third-order valence-electron chi connectivity index (χ3n) is 4.89. The third kappa shape index (κ3) is 6.27. The molecule has 0 bridgehead atoms. The van der Waals surface area contributed by atoms with Gasteiger partial charge >= 0.3 is 0 Å². The summed E-state index contributed by atoms with van der Waals surface area (Å²) in [5.41, 5.74) is 2.36. The molecule has 2 amide bonds. The van der Waals surface area contributed by atoms with Crippen LogP contribution in [0.3, 0.4) is 0 Å². The lowest BCUT2D eigenvalue weighted by Crippen LogP contribution is -2.27. The summed E-state index contributed by atoms with van der Waals surface area (Å²) in [5.74, 6) is -0.355. The summed E-state index contributed by atoms with van der Waals surface area (Å²) in [7, 11) is 0. The van der Waals surface area contributed by atoms with Gasteiger partial charge in [-0.3, -0.25) is 9.59 Å². The second kappa shape index (κ2) is 10.1. The Balaban J connectivity index is 1.39. The first-order valence-corrected chi connectivity index (χ1v) is 10.2. The van der Waals surface area contributed by atoms with E-state index in [1.54, 1.807) is 24.3 Å². The highest BCUT2D eigenvalue weighted by molar-refractivity contribution is 6.30. The maximum absolute atomic E-state index is 12.1. The van der Waals surface area contributed by atoms with Gasteiger partial charge in [0, 0.05) is 41.0 Å². The summed E-state index contributed by atoms with van der Waals surface area (Å²) in [6.07, 6.45) is 6.58. The molecule has 0 aliphatic heterocycles. The van der Waals surface area contributed by atoms with Gasteiger partial charge in [0.25, 0.3) is 5.91 Å². The van der Waals surface area contributed by atoms with E-state index < -0.39 is 0 Å². The summed E-state index contributed by atoms with van der Waals surface area (Å²) in [4.78, 5) is 24.1. The van der Waals surface area contributed by atoms with Gasteiger partial charge in [-0.2, -0.15) is 0 Å². The molecule has 0 heterocycles. The quantitative estimate of drug-likeness (QED) is 0.623. The largest absolute Gasteiger partial charge is 0.382 e. The summed E-state index contributed by atoms with van der Waals surface area (Å²) in [6, 6.07) is 15.0. The maximum Gasteiger partial charge on any atom is 0.251 e. The lowest BCUT2D eigenvalue weighted by Gasteiger charge is -2.23. The van der Waals surface area contributed by atoms with E-state index in [1.165, 1.54) is 32.1 Å². The van der Waals surface area contributed by atoms with Crippen molar-refractivity contribution in [3.05, 3.63) is 59.1 Å². The normalized spacial score (nSPS) is 14.3. The minimum Gasteiger partial charge on any atom is -0.382 e. The predicted molar refractivity (Wildman–Crippen MR) is 114 cm³/mol. The van der Waals surface area contributed by atoms with Crippen LogP contribution in [0.1, 0.15) is 48.9 Å². The van der Waals surface area contributed by atoms with Crippen LogP contribution in [-0.2, 0) is 4.79 Å². The van der Waals surface area contributed by atoms with Crippen molar-refractivity contribution in [1.82, 2.24) is 5.32 Å². The first-order chi connectivity index (χ1) is 13.6. The second-order valence-corrected chi connectivity index (χ2v) is 7.55. The topological polar surface area (TPSA) is 70.2 Å². The van der Waals surface area contributed by atoms with Crippen molar-refractivity contribution in [2.45, 2.75) is 44.6 Å². The Labute approximate surface area is 170 Å². The number of benzene rings is 2. The molecule has 0 aromatic heterocycles. The van der Waals surface area contributed by atoms with Gasteiger partial charge in [-0.1, -0.05) is 30.9 Å². The number of halogens is 1. The number of carbonyl (C=O) groups excluding carboxylic acids is 2. The molecular formula is C22H26ClN3O2. The molecular weight excluding hydrogens is 374 g/mol. The number of anilines is 2. The third-order valence-corrected chi connectivity index (χ3v) is 5.14. The average Bonchev–Trinajstić information content (AvgIpc) is 2.71. The highest BCUT2D eigenvalue weighted by atomic mass is 35.5. The van der Waals surface area contributed by atoms with E-state index in [1.807, 2.05) is 24.3 Å². The van der Waals surface area contributed by atoms with Gasteiger partial charge in [0.1, 0.15) is 0 Å². The Hall–Kier alpha value is -2.53. The predicted octanol–water partition coefficient (Wildman–Crippen LogP) is 4.84. The molecule has 2 aromatic carbocycles. The summed E-state index contributed by atoms with van der Waals surface area (Å²) in [6.45, 7) is 0.272. The zero-order valence-electron chi connectivity index (χ0n) is 15.8. The molecule has 3 rings (SSSR count). The molecule has 0 saturated heterocycles. The summed E-state index contributed by atoms with van der Waals surface area (Å²) >= 11 is 5.81. The standard InChI is InChI=1S/C22H26ClN3O2/c23-17-8-6-16(7-9-17)22(28)24-15-14-21(27)26-20-12-10-19(11-13-20)25-18-4-2-1-3-5-18/h6-13,18,25H,1-5,14-15H2,(H,24,28)(H,26,27). The molecule has 1 aliphatic rings. The smallest absolute Gasteiger partial charge is 0.251 e. The average molecular weight is 400 g/mol. The molecule has 1 saturated carbocycles. The molecule has 0 spiro atoms. The van der Waals surface area contributed by atoms with Gasteiger partial charge in [-0.05, 0) is 61.4 Å². The van der Waals surface area contributed by atoms with Crippen LogP contribution in [0.4, 0.5) is 11.4 Å². The van der Waals surface area contributed by atoms with Crippen LogP contribution in [-0.4, -0.2) is 24.4 Å². The van der Waals surface area contributed by atoms with Crippen LogP contribution in [0.25, 0.3) is 0 Å². The molecule has 3 N–H and O–H groups in total. The number of hydrogen-bond donors (Lipinski definition) is 3. The van der Waals surface area contributed by atoms with E-state index in [-0.39, 0.29) is 24.8 Å². The van der Waals surface area contributed by atoms with Crippen LogP contribution in [0.2, 0.25) is 5.02 Å². The molecule has 0 unspecified atom stereocenters. The number of hydrogen-bond acceptors (Lipinski definition) is 3. The first-order valence-electron chi connectivity index (χ1n) is 9.80. The van der Waals surface area contributed by atoms with E-state index in [4.69, 9.17) is 11.6 Å². The molecule has 1 aliphatic carbocycles. The Morgan fingerprint density at radius 3 is 2.21 bits per heavy atom. The first kappa shape index (κ1) is 20.2. The fourth-order valence-corrected chi connectivity index (χ4v) is 3.47. The monoisotopic (exact) mass is 399 g/mol. The summed E-state index contributed by atoms with van der Waals surface area (Å²) in [5, 5.41) is 9.73. The van der Waals surface area contributed by atoms with E-state index in [9.17, 15) is 9.59 Å². The van der Waals surface area contributed by atoms with E-state index >= 15 is 0 Å². The fraction of sp³-hybridized carbons (Fsp3) is 0.364. The minimum atomic E-state index is -0.220. The van der Waals surface area contributed by atoms with Crippen LogP contribution in [0.15, 0.2) is 48.5 Å². The van der Waals surface area contributed by atoms with Crippen LogP contribution < -0.4 is 16.0 Å². The Morgan fingerprint density at radius 1 is 0.893 bits per heavy atom.